The number of hydrogen-bond donors (Lipinski definition) is 2. The van der Waals surface area contributed by atoms with Crippen LogP contribution in [-0.2, 0) is 14.3 Å². The van der Waals surface area contributed by atoms with E-state index in [1.807, 2.05) is 71.0 Å². The van der Waals surface area contributed by atoms with Crippen molar-refractivity contribution in [3.8, 4) is 0 Å². The number of carbonyl (C=O) groups excluding carboxylic acids is 3. The van der Waals surface area contributed by atoms with Crippen molar-refractivity contribution in [2.75, 3.05) is 18.4 Å². The number of amides is 3. The van der Waals surface area contributed by atoms with Crippen LogP contribution in [0.25, 0.3) is 0 Å². The van der Waals surface area contributed by atoms with E-state index in [0.29, 0.717) is 6.54 Å². The van der Waals surface area contributed by atoms with E-state index in [2.05, 4.69) is 10.6 Å². The zero-order chi connectivity index (χ0) is 27.0. The number of aryl methyl sites for hydroxylation is 4. The van der Waals surface area contributed by atoms with Crippen LogP contribution in [0.2, 0.25) is 0 Å². The number of hydrogen-bond acceptors (Lipinski definition) is 4. The minimum absolute atomic E-state index is 0.267. The van der Waals surface area contributed by atoms with E-state index in [-0.39, 0.29) is 18.4 Å². The number of benzene rings is 2. The van der Waals surface area contributed by atoms with Crippen molar-refractivity contribution in [2.45, 2.75) is 79.9 Å². The molecule has 36 heavy (non-hydrogen) atoms. The average Bonchev–Trinajstić information content (AvgIpc) is 2.78. The Morgan fingerprint density at radius 3 is 2.19 bits per heavy atom. The number of nitrogens with one attached hydrogen (secondary N) is 2. The molecule has 3 amide bonds. The second kappa shape index (κ2) is 12.6. The third-order valence-corrected chi connectivity index (χ3v) is 5.87. The Labute approximate surface area is 215 Å². The van der Waals surface area contributed by atoms with Gasteiger partial charge in [0.2, 0.25) is 5.91 Å². The van der Waals surface area contributed by atoms with Crippen LogP contribution in [0.1, 0.15) is 74.4 Å². The molecule has 0 radical (unpaired) electrons. The van der Waals surface area contributed by atoms with E-state index in [4.69, 9.17) is 4.74 Å². The lowest BCUT2D eigenvalue weighted by molar-refractivity contribution is -0.138. The number of rotatable bonds is 9. The van der Waals surface area contributed by atoms with Crippen LogP contribution in [0.15, 0.2) is 36.4 Å². The zero-order valence-corrected chi connectivity index (χ0v) is 23.0. The fraction of sp³-hybridized carbons (Fsp3) is 0.483. The first-order valence-electron chi connectivity index (χ1n) is 12.5. The molecular formula is C29H41N3O4. The number of alkyl carbamates (subject to hydrolysis) is 1. The summed E-state index contributed by atoms with van der Waals surface area (Å²) in [5.41, 5.74) is 4.63. The summed E-state index contributed by atoms with van der Waals surface area (Å²) in [4.78, 5) is 41.2. The number of para-hydroxylation sites is 1. The highest BCUT2D eigenvalue weighted by Gasteiger charge is 2.33. The predicted octanol–water partition coefficient (Wildman–Crippen LogP) is 5.75. The maximum absolute atomic E-state index is 13.9. The van der Waals surface area contributed by atoms with Crippen molar-refractivity contribution in [2.24, 2.45) is 0 Å². The normalized spacial score (nSPS) is 12.0. The molecule has 0 bridgehead atoms. The number of carbonyl (C=O) groups is 3. The largest absolute Gasteiger partial charge is 0.444 e. The molecule has 1 atom stereocenters. The van der Waals surface area contributed by atoms with Gasteiger partial charge in [0, 0.05) is 12.2 Å². The molecule has 2 N–H and O–H groups in total. The lowest BCUT2D eigenvalue weighted by Crippen LogP contribution is -2.47. The lowest BCUT2D eigenvalue weighted by Gasteiger charge is -2.33. The lowest BCUT2D eigenvalue weighted by atomic mass is 9.96. The third kappa shape index (κ3) is 8.11. The topological polar surface area (TPSA) is 87.7 Å². The summed E-state index contributed by atoms with van der Waals surface area (Å²) in [6.45, 7) is 15.2. The number of unbranched alkanes of at least 4 members (excludes halogenated alkanes) is 1. The number of ether oxygens (including phenoxy) is 1. The maximum Gasteiger partial charge on any atom is 0.408 e. The van der Waals surface area contributed by atoms with Crippen LogP contribution in [-0.4, -0.2) is 41.5 Å². The summed E-state index contributed by atoms with van der Waals surface area (Å²) in [5, 5.41) is 5.64. The molecule has 0 aliphatic carbocycles. The standard InChI is InChI=1S/C29H41N3O4/c1-9-10-16-32(24(33)18-30-28(35)36-29(6,7)8)26(23-17-19(2)14-15-20(23)3)27(34)31-25-21(4)12-11-13-22(25)5/h11-15,17,26H,9-10,16,18H2,1-8H3,(H,30,35)(H,31,34). The summed E-state index contributed by atoms with van der Waals surface area (Å²) >= 11 is 0. The molecule has 0 aliphatic rings. The van der Waals surface area contributed by atoms with Gasteiger partial charge in [-0.25, -0.2) is 4.79 Å². The van der Waals surface area contributed by atoms with Crippen molar-refractivity contribution in [1.29, 1.82) is 0 Å². The smallest absolute Gasteiger partial charge is 0.408 e. The highest BCUT2D eigenvalue weighted by molar-refractivity contribution is 5.99. The second-order valence-electron chi connectivity index (χ2n) is 10.3. The summed E-state index contributed by atoms with van der Waals surface area (Å²) in [5.74, 6) is -0.639. The van der Waals surface area contributed by atoms with Gasteiger partial charge >= 0.3 is 6.09 Å². The minimum Gasteiger partial charge on any atom is -0.444 e. The molecule has 0 spiro atoms. The molecule has 7 heteroatoms. The Balaban J connectivity index is 2.46. The molecule has 1 unspecified atom stereocenters. The molecule has 2 aromatic rings. The number of nitrogens with zero attached hydrogens (tertiary/aromatic N) is 1. The first-order chi connectivity index (χ1) is 16.8. The summed E-state index contributed by atoms with van der Waals surface area (Å²) in [7, 11) is 0. The predicted molar refractivity (Wildman–Crippen MR) is 144 cm³/mol. The Bertz CT molecular complexity index is 1070. The van der Waals surface area contributed by atoms with Crippen LogP contribution in [0.5, 0.6) is 0 Å². The van der Waals surface area contributed by atoms with Gasteiger partial charge in [-0.1, -0.05) is 55.3 Å². The highest BCUT2D eigenvalue weighted by Crippen LogP contribution is 2.29. The fourth-order valence-corrected chi connectivity index (χ4v) is 4.00. The summed E-state index contributed by atoms with van der Waals surface area (Å²) in [6, 6.07) is 10.9. The van der Waals surface area contributed by atoms with Gasteiger partial charge in [0.15, 0.2) is 0 Å². The minimum atomic E-state index is -0.858. The van der Waals surface area contributed by atoms with Gasteiger partial charge in [0.25, 0.3) is 5.91 Å². The van der Waals surface area contributed by atoms with E-state index in [1.165, 1.54) is 0 Å². The summed E-state index contributed by atoms with van der Waals surface area (Å²) in [6.07, 6.45) is 0.895. The number of anilines is 1. The van der Waals surface area contributed by atoms with Gasteiger partial charge in [-0.05, 0) is 77.1 Å². The molecule has 0 fully saturated rings. The highest BCUT2D eigenvalue weighted by atomic mass is 16.6. The SMILES string of the molecule is CCCCN(C(=O)CNC(=O)OC(C)(C)C)C(C(=O)Nc1c(C)cccc1C)c1cc(C)ccc1C. The van der Waals surface area contributed by atoms with E-state index in [1.54, 1.807) is 25.7 Å². The summed E-state index contributed by atoms with van der Waals surface area (Å²) < 4.78 is 5.28. The first-order valence-corrected chi connectivity index (χ1v) is 12.5. The van der Waals surface area contributed by atoms with Crippen LogP contribution in [0.3, 0.4) is 0 Å². The van der Waals surface area contributed by atoms with Crippen molar-refractivity contribution >= 4 is 23.6 Å². The maximum atomic E-state index is 13.9. The Hall–Kier alpha value is -3.35. The molecule has 0 saturated heterocycles. The van der Waals surface area contributed by atoms with Gasteiger partial charge in [-0.3, -0.25) is 9.59 Å². The molecule has 0 heterocycles. The Kier molecular flexibility index (Phi) is 10.1. The van der Waals surface area contributed by atoms with Gasteiger partial charge in [0.05, 0.1) is 0 Å². The molecule has 0 aromatic heterocycles. The average molecular weight is 496 g/mol. The fourth-order valence-electron chi connectivity index (χ4n) is 4.00. The van der Waals surface area contributed by atoms with Crippen molar-refractivity contribution in [3.05, 3.63) is 64.2 Å². The van der Waals surface area contributed by atoms with Crippen LogP contribution >= 0.6 is 0 Å². The monoisotopic (exact) mass is 495 g/mol. The molecular weight excluding hydrogens is 454 g/mol. The van der Waals surface area contributed by atoms with Crippen molar-refractivity contribution in [1.82, 2.24) is 10.2 Å². The van der Waals surface area contributed by atoms with Crippen LogP contribution in [0.4, 0.5) is 10.5 Å². The van der Waals surface area contributed by atoms with Crippen molar-refractivity contribution < 1.29 is 19.1 Å². The molecule has 7 nitrogen and oxygen atoms in total. The van der Waals surface area contributed by atoms with Crippen LogP contribution < -0.4 is 10.6 Å². The quantitative estimate of drug-likeness (QED) is 0.463. The first kappa shape index (κ1) is 28.9. The zero-order valence-electron chi connectivity index (χ0n) is 23.0. The third-order valence-electron chi connectivity index (χ3n) is 5.87. The van der Waals surface area contributed by atoms with Gasteiger partial charge in [-0.15, -0.1) is 0 Å². The molecule has 196 valence electrons. The second-order valence-corrected chi connectivity index (χ2v) is 10.3. The molecule has 2 aromatic carbocycles. The van der Waals surface area contributed by atoms with Gasteiger partial charge in [0.1, 0.15) is 18.2 Å². The van der Waals surface area contributed by atoms with Crippen LogP contribution in [0, 0.1) is 27.7 Å². The van der Waals surface area contributed by atoms with Gasteiger partial charge < -0.3 is 20.3 Å². The Morgan fingerprint density at radius 1 is 0.972 bits per heavy atom. The van der Waals surface area contributed by atoms with E-state index < -0.39 is 17.7 Å². The van der Waals surface area contributed by atoms with Gasteiger partial charge in [-0.2, -0.15) is 0 Å². The van der Waals surface area contributed by atoms with E-state index in [9.17, 15) is 14.4 Å². The molecule has 2 rings (SSSR count). The molecule has 0 saturated carbocycles. The van der Waals surface area contributed by atoms with E-state index >= 15 is 0 Å². The molecule has 0 aliphatic heterocycles. The van der Waals surface area contributed by atoms with Crippen molar-refractivity contribution in [3.63, 3.8) is 0 Å². The Morgan fingerprint density at radius 2 is 1.61 bits per heavy atom. The van der Waals surface area contributed by atoms with E-state index in [0.717, 1.165) is 46.3 Å².